The van der Waals surface area contributed by atoms with Gasteiger partial charge in [-0.2, -0.15) is 0 Å². The maximum absolute atomic E-state index is 13.4. The van der Waals surface area contributed by atoms with Crippen LogP contribution in [0.1, 0.15) is 158 Å². The number of pyridine rings is 4. The highest BCUT2D eigenvalue weighted by molar-refractivity contribution is 6.14. The minimum atomic E-state index is -1.39. The summed E-state index contributed by atoms with van der Waals surface area (Å²) in [5.41, 5.74) is 10.7. The van der Waals surface area contributed by atoms with E-state index in [4.69, 9.17) is 52.3 Å². The van der Waals surface area contributed by atoms with Crippen LogP contribution in [0.15, 0.2) is 180 Å². The number of amides is 13. The molecule has 12 aromatic rings. The third kappa shape index (κ3) is 16.9. The third-order valence-corrected chi connectivity index (χ3v) is 29.2. The summed E-state index contributed by atoms with van der Waals surface area (Å²) < 4.78 is 45.3. The summed E-state index contributed by atoms with van der Waals surface area (Å²) >= 11 is 0. The van der Waals surface area contributed by atoms with Crippen molar-refractivity contribution in [1.82, 2.24) is 65.7 Å². The maximum Gasteiger partial charge on any atom is 0.254 e. The Hall–Kier alpha value is -16.5. The van der Waals surface area contributed by atoms with E-state index in [1.165, 1.54) is 21.3 Å². The highest BCUT2D eigenvalue weighted by atomic mass is 16.5. The molecule has 0 aliphatic carbocycles. The molecule has 6 atom stereocenters. The average molecular weight is 1950 g/mol. The minimum Gasteiger partial charge on any atom is -0.497 e. The number of aliphatic hydroxyl groups excluding tert-OH is 1. The number of furan rings is 4. The molecule has 7 fully saturated rings. The first kappa shape index (κ1) is 93.8. The number of hydrogen-bond donors (Lipinski definition) is 6. The number of likely N-dealkylation sites (tertiary alicyclic amines) is 1. The first-order valence-electron chi connectivity index (χ1n) is 47.4. The smallest absolute Gasteiger partial charge is 0.254 e. The molecule has 1 unspecified atom stereocenters. The summed E-state index contributed by atoms with van der Waals surface area (Å²) in [4.78, 5) is 205. The largest absolute Gasteiger partial charge is 0.497 e. The third-order valence-electron chi connectivity index (χ3n) is 29.2. The van der Waals surface area contributed by atoms with Crippen LogP contribution < -0.4 is 60.6 Å². The SMILES string of the molecule is COc1ccc2c(c1)C(=O)N(C[C@@]1(c3cc4nc(N(C5=CCN=C5)C5CCN(C)CC5)ccc4o3)CC(=O)NC1=O)C2.COc1ccc2c(c1)C(=O)N(C[C@@]1(c3cc4nc(N)ccc4o3)CC(=O)NC1=O)C2.COc1ccc2c(c1)C(=O)N(C[C@@]1(c3cc4nc(N5C(=O)CCC5C)ccc4o3)CC(=O)NC1=O)C2.COc1ccc2c(c1)C(=O)N(C[C@@]1(c3cc4nc(N5CCC[C@@H](O)C5)ccc4o3)CC(=O)NC1=O)C2. The Kier molecular flexibility index (Phi) is 24.0. The van der Waals surface area contributed by atoms with Crippen molar-refractivity contribution in [2.75, 3.05) is 115 Å². The van der Waals surface area contributed by atoms with E-state index in [0.717, 1.165) is 85.5 Å². The Morgan fingerprint density at radius 2 is 0.806 bits per heavy atom. The highest BCUT2D eigenvalue weighted by Crippen LogP contribution is 2.47. The lowest BCUT2D eigenvalue weighted by molar-refractivity contribution is -0.128. The summed E-state index contributed by atoms with van der Waals surface area (Å²) in [6.07, 6.45) is 7.98. The first-order chi connectivity index (χ1) is 69.4. The van der Waals surface area contributed by atoms with E-state index in [2.05, 4.69) is 59.2 Å². The number of hydrogen-bond acceptors (Lipinski definition) is 31. The van der Waals surface area contributed by atoms with Crippen LogP contribution in [-0.4, -0.2) is 245 Å². The molecule has 40 heteroatoms. The summed E-state index contributed by atoms with van der Waals surface area (Å²) in [6, 6.07) is 42.4. The number of methoxy groups -OCH3 is 4. The topological polar surface area (TPSA) is 496 Å². The number of nitrogens with two attached hydrogens (primary N) is 1. The van der Waals surface area contributed by atoms with Gasteiger partial charge in [0.05, 0.1) is 72.5 Å². The van der Waals surface area contributed by atoms with Crippen molar-refractivity contribution in [3.63, 3.8) is 0 Å². The van der Waals surface area contributed by atoms with E-state index in [9.17, 15) is 67.4 Å². The molecule has 20 heterocycles. The number of piperidine rings is 2. The van der Waals surface area contributed by atoms with Gasteiger partial charge in [0, 0.05) is 137 Å². The van der Waals surface area contributed by atoms with Crippen LogP contribution in [-0.2, 0) is 91.0 Å². The predicted octanol–water partition coefficient (Wildman–Crippen LogP) is 8.03. The first-order valence-corrected chi connectivity index (χ1v) is 47.4. The van der Waals surface area contributed by atoms with Crippen molar-refractivity contribution < 1.29 is 104 Å². The quantitative estimate of drug-likeness (QED) is 0.0370. The van der Waals surface area contributed by atoms with Crippen molar-refractivity contribution in [2.24, 2.45) is 4.99 Å². The molecule has 7 saturated heterocycles. The zero-order valence-corrected chi connectivity index (χ0v) is 79.4. The van der Waals surface area contributed by atoms with E-state index >= 15 is 0 Å². The number of carbonyl (C=O) groups is 13. The molecule has 738 valence electrons. The van der Waals surface area contributed by atoms with Gasteiger partial charge in [-0.15, -0.1) is 0 Å². The van der Waals surface area contributed by atoms with Crippen LogP contribution in [0.25, 0.3) is 44.4 Å². The van der Waals surface area contributed by atoms with Crippen LogP contribution in [0.5, 0.6) is 23.0 Å². The van der Waals surface area contributed by atoms with Crippen LogP contribution >= 0.6 is 0 Å². The van der Waals surface area contributed by atoms with Gasteiger partial charge >= 0.3 is 0 Å². The number of allylic oxidation sites excluding steroid dienone is 1. The van der Waals surface area contributed by atoms with Gasteiger partial charge in [-0.3, -0.25) is 93.5 Å². The Balaban J connectivity index is 0.000000114. The lowest BCUT2D eigenvalue weighted by Gasteiger charge is -2.38. The Morgan fingerprint density at radius 3 is 1.16 bits per heavy atom. The van der Waals surface area contributed by atoms with Gasteiger partial charge in [0.15, 0.2) is 22.3 Å². The van der Waals surface area contributed by atoms with Crippen molar-refractivity contribution >= 4 is 151 Å². The fourth-order valence-corrected chi connectivity index (χ4v) is 21.6. The van der Waals surface area contributed by atoms with Gasteiger partial charge in [-0.25, -0.2) is 19.9 Å². The van der Waals surface area contributed by atoms with Crippen molar-refractivity contribution in [2.45, 2.75) is 137 Å². The molecule has 0 radical (unpaired) electrons. The number of aliphatic hydroxyl groups is 1. The van der Waals surface area contributed by atoms with Gasteiger partial charge in [0.1, 0.15) is 113 Å². The van der Waals surface area contributed by atoms with Crippen LogP contribution in [0.4, 0.5) is 23.3 Å². The van der Waals surface area contributed by atoms with Gasteiger partial charge in [0.2, 0.25) is 53.2 Å². The Morgan fingerprint density at radius 1 is 0.438 bits per heavy atom. The molecule has 12 aliphatic rings. The maximum atomic E-state index is 13.4. The molecule has 12 aliphatic heterocycles. The lowest BCUT2D eigenvalue weighted by Crippen LogP contribution is -2.46. The summed E-state index contributed by atoms with van der Waals surface area (Å²) in [5.74, 6) is 1.23. The molecule has 7 N–H and O–H groups in total. The number of carbonyl (C=O) groups excluding carboxylic acids is 13. The second kappa shape index (κ2) is 36.8. The summed E-state index contributed by atoms with van der Waals surface area (Å²) in [5, 5.41) is 19.6. The Labute approximate surface area is 821 Å². The molecule has 4 aromatic carbocycles. The number of nitrogen functional groups attached to an aromatic ring is 1. The number of β-amino-alcohol motifs (C(OH)–C–C–N with tert-alkyl or cyclic N) is 1. The zero-order valence-electron chi connectivity index (χ0n) is 79.4. The predicted molar refractivity (Wildman–Crippen MR) is 517 cm³/mol. The number of nitrogens with zero attached hydrogens (tertiary/aromatic N) is 13. The second-order valence-electron chi connectivity index (χ2n) is 38.4. The van der Waals surface area contributed by atoms with Gasteiger partial charge in [-0.1, -0.05) is 24.3 Å². The molecule has 8 aromatic heterocycles. The van der Waals surface area contributed by atoms with Crippen molar-refractivity contribution in [3.05, 3.63) is 225 Å². The zero-order chi connectivity index (χ0) is 100. The van der Waals surface area contributed by atoms with Crippen LogP contribution in [0.3, 0.4) is 0 Å². The lowest BCUT2D eigenvalue weighted by atomic mass is 9.82. The molecule has 0 spiro atoms. The normalized spacial score (nSPS) is 22.8. The summed E-state index contributed by atoms with van der Waals surface area (Å²) in [6.45, 7) is 7.15. The Bertz CT molecular complexity index is 7500. The highest BCUT2D eigenvalue weighted by Gasteiger charge is 2.58. The van der Waals surface area contributed by atoms with Crippen molar-refractivity contribution in [1.29, 1.82) is 0 Å². The second-order valence-corrected chi connectivity index (χ2v) is 38.4. The van der Waals surface area contributed by atoms with Crippen LogP contribution in [0.2, 0.25) is 0 Å². The van der Waals surface area contributed by atoms with E-state index in [1.54, 1.807) is 129 Å². The monoisotopic (exact) mass is 1950 g/mol. The number of imide groups is 4. The number of aliphatic imine (C=N–C) groups is 1. The average Bonchev–Trinajstić information content (AvgIpc) is 1.60. The number of ether oxygens (including phenoxy) is 4. The van der Waals surface area contributed by atoms with Gasteiger partial charge in [0.25, 0.3) is 23.6 Å². The molecular formula is C104H100N18O22. The summed E-state index contributed by atoms with van der Waals surface area (Å²) in [7, 11) is 8.29. The van der Waals surface area contributed by atoms with Crippen LogP contribution in [0, 0.1) is 0 Å². The number of nitrogens with one attached hydrogen (secondary N) is 4. The fourth-order valence-electron chi connectivity index (χ4n) is 21.6. The number of fused-ring (bicyclic) bond motifs is 8. The van der Waals surface area contributed by atoms with E-state index in [-0.39, 0.29) is 105 Å². The number of rotatable bonds is 21. The minimum absolute atomic E-state index is 0.00184. The number of aromatic nitrogens is 4. The molecule has 0 saturated carbocycles. The van der Waals surface area contributed by atoms with Gasteiger partial charge < -0.3 is 81.8 Å². The van der Waals surface area contributed by atoms with Gasteiger partial charge in [-0.05, 0) is 185 Å². The molecule has 40 nitrogen and oxygen atoms in total. The standard InChI is InChI=1S/C31H32N6O5.C26H24N4O6.C26H26N4O6.C21H18N4O5/c1-35-11-8-20(9-12-35)37(21-7-10-32-16-21)27-6-5-25-24(33-27)14-26(42-25)31(15-28(38)34-30(31)40)18-36-17-19-3-4-22(41-2)13-23(19)29(36)39;1-14-3-8-23(32)30(14)21-7-6-19-18(27-21)10-20(36-19)26(11-22(31)28-25(26)34)13-29-12-15-4-5-16(35-2)9-17(15)24(29)33;1-35-17-5-4-15-12-30(24(33)18(15)9-17)14-26(11-23(32)28-25(26)34)21-10-19-20(36-21)6-7-22(27-19)29-8-2-3-16(31)13-29;1-29-12-3-2-11-9-25(19(27)13(11)6-12)10-21(8-18(26)24-20(21)28)16-7-14-15(30-16)4-5-17(22)23-14/h3-7,13-14,16,20H,8-12,15,17-18H2,1-2H3,(H,34,38,40);4-7,9-10,14H,3,8,11-13H2,1-2H3,(H,28,31,34);4-7,9-10,16,31H,2-3,8,11-14H2,1H3,(H,28,32,34);2-7H,8-10H2,1H3,(H2,22,23)(H,24,26,28)/t31-;14?,26-;16-,26-;21-/m1111/s1. The number of benzene rings is 4. The molecule has 0 bridgehead atoms. The molecule has 13 amide bonds. The molecular weight excluding hydrogens is 1850 g/mol. The molecule has 24 rings (SSSR count). The van der Waals surface area contributed by atoms with E-state index in [1.807, 2.05) is 66.6 Å². The fraction of sp³-hybridized carbons (Fsp3) is 0.346. The van der Waals surface area contributed by atoms with E-state index in [0.29, 0.717) is 164 Å². The van der Waals surface area contributed by atoms with Crippen molar-refractivity contribution in [3.8, 4) is 23.0 Å². The number of anilines is 4. The molecule has 144 heavy (non-hydrogen) atoms. The van der Waals surface area contributed by atoms with E-state index < -0.39 is 75.0 Å².